The molecule has 1 amide bonds. The number of rotatable bonds is 3. The van der Waals surface area contributed by atoms with Gasteiger partial charge in [0.2, 0.25) is 0 Å². The molecule has 104 valence electrons. The summed E-state index contributed by atoms with van der Waals surface area (Å²) >= 11 is 9.28. The summed E-state index contributed by atoms with van der Waals surface area (Å²) in [7, 11) is 0. The van der Waals surface area contributed by atoms with Gasteiger partial charge >= 0.3 is 0 Å². The molecule has 2 heterocycles. The molecule has 0 aromatic carbocycles. The highest BCUT2D eigenvalue weighted by Gasteiger charge is 2.12. The first-order valence-electron chi connectivity index (χ1n) is 6.06. The van der Waals surface area contributed by atoms with E-state index in [-0.39, 0.29) is 11.8 Å². The van der Waals surface area contributed by atoms with E-state index in [1.807, 2.05) is 13.8 Å². The van der Waals surface area contributed by atoms with Crippen LogP contribution in [0.2, 0.25) is 5.15 Å². The number of anilines is 1. The van der Waals surface area contributed by atoms with Crippen LogP contribution >= 0.6 is 27.5 Å². The summed E-state index contributed by atoms with van der Waals surface area (Å²) in [5.74, 6) is 0.412. The third-order valence-electron chi connectivity index (χ3n) is 2.63. The van der Waals surface area contributed by atoms with Gasteiger partial charge in [-0.2, -0.15) is 0 Å². The van der Waals surface area contributed by atoms with Crippen molar-refractivity contribution in [2.75, 3.05) is 5.32 Å². The highest BCUT2D eigenvalue weighted by molar-refractivity contribution is 9.10. The first-order valence-corrected chi connectivity index (χ1v) is 7.23. The molecule has 2 rings (SSSR count). The third kappa shape index (κ3) is 3.77. The van der Waals surface area contributed by atoms with Crippen molar-refractivity contribution < 1.29 is 4.79 Å². The molecule has 6 heteroatoms. The maximum absolute atomic E-state index is 12.2. The number of amides is 1. The third-order valence-corrected chi connectivity index (χ3v) is 3.32. The zero-order chi connectivity index (χ0) is 14.7. The molecule has 0 spiro atoms. The maximum Gasteiger partial charge on any atom is 0.256 e. The SMILES string of the molecule is CC(C)c1cc(C(=O)Nc2cc(Br)ccn2)cc(Cl)n1. The van der Waals surface area contributed by atoms with Gasteiger partial charge in [-0.25, -0.2) is 9.97 Å². The van der Waals surface area contributed by atoms with Crippen molar-refractivity contribution >= 4 is 39.3 Å². The van der Waals surface area contributed by atoms with E-state index in [0.717, 1.165) is 10.2 Å². The van der Waals surface area contributed by atoms with E-state index in [9.17, 15) is 4.79 Å². The van der Waals surface area contributed by atoms with Crippen molar-refractivity contribution in [1.29, 1.82) is 0 Å². The molecule has 0 radical (unpaired) electrons. The van der Waals surface area contributed by atoms with Crippen LogP contribution < -0.4 is 5.32 Å². The molecule has 20 heavy (non-hydrogen) atoms. The minimum absolute atomic E-state index is 0.198. The number of carbonyl (C=O) groups excluding carboxylic acids is 1. The molecule has 0 bridgehead atoms. The summed E-state index contributed by atoms with van der Waals surface area (Å²) in [6, 6.07) is 6.80. The normalized spacial score (nSPS) is 10.7. The first kappa shape index (κ1) is 14.9. The fourth-order valence-electron chi connectivity index (χ4n) is 1.61. The van der Waals surface area contributed by atoms with Gasteiger partial charge in [0.25, 0.3) is 5.91 Å². The summed E-state index contributed by atoms with van der Waals surface area (Å²) < 4.78 is 0.846. The van der Waals surface area contributed by atoms with E-state index in [0.29, 0.717) is 16.5 Å². The fourth-order valence-corrected chi connectivity index (χ4v) is 2.16. The Hall–Kier alpha value is -1.46. The van der Waals surface area contributed by atoms with Gasteiger partial charge in [0.1, 0.15) is 11.0 Å². The maximum atomic E-state index is 12.2. The van der Waals surface area contributed by atoms with Gasteiger partial charge < -0.3 is 5.32 Å². The molecule has 0 aliphatic heterocycles. The number of nitrogens with one attached hydrogen (secondary N) is 1. The largest absolute Gasteiger partial charge is 0.307 e. The second-order valence-electron chi connectivity index (χ2n) is 4.57. The molecule has 0 unspecified atom stereocenters. The second kappa shape index (κ2) is 6.33. The Bertz CT molecular complexity index is 646. The van der Waals surface area contributed by atoms with Crippen molar-refractivity contribution in [1.82, 2.24) is 9.97 Å². The molecular formula is C14H13BrClN3O. The molecular weight excluding hydrogens is 342 g/mol. The van der Waals surface area contributed by atoms with Crippen LogP contribution in [0, 0.1) is 0 Å². The summed E-state index contributed by atoms with van der Waals surface area (Å²) in [6.07, 6.45) is 1.61. The second-order valence-corrected chi connectivity index (χ2v) is 5.87. The smallest absolute Gasteiger partial charge is 0.256 e. The van der Waals surface area contributed by atoms with Crippen molar-refractivity contribution in [2.45, 2.75) is 19.8 Å². The number of halogens is 2. The Morgan fingerprint density at radius 2 is 2.10 bits per heavy atom. The first-order chi connectivity index (χ1) is 9.45. The number of pyridine rings is 2. The molecule has 0 atom stereocenters. The Balaban J connectivity index is 2.25. The lowest BCUT2D eigenvalue weighted by atomic mass is 10.1. The molecule has 0 saturated carbocycles. The number of aromatic nitrogens is 2. The molecule has 2 aromatic heterocycles. The van der Waals surface area contributed by atoms with Gasteiger partial charge in [0.15, 0.2) is 0 Å². The Morgan fingerprint density at radius 1 is 1.35 bits per heavy atom. The van der Waals surface area contributed by atoms with Gasteiger partial charge in [-0.05, 0) is 30.2 Å². The van der Waals surface area contributed by atoms with E-state index >= 15 is 0 Å². The van der Waals surface area contributed by atoms with Crippen LogP contribution in [0.4, 0.5) is 5.82 Å². The predicted molar refractivity (Wildman–Crippen MR) is 83.2 cm³/mol. The van der Waals surface area contributed by atoms with Gasteiger partial charge in [-0.3, -0.25) is 4.79 Å². The van der Waals surface area contributed by atoms with Crippen LogP contribution in [0.15, 0.2) is 34.9 Å². The lowest BCUT2D eigenvalue weighted by molar-refractivity contribution is 0.102. The number of hydrogen-bond donors (Lipinski definition) is 1. The van der Waals surface area contributed by atoms with Crippen LogP contribution in [-0.2, 0) is 0 Å². The van der Waals surface area contributed by atoms with Gasteiger partial charge in [-0.1, -0.05) is 41.4 Å². The molecule has 0 fully saturated rings. The molecule has 4 nitrogen and oxygen atoms in total. The minimum Gasteiger partial charge on any atom is -0.307 e. The summed E-state index contributed by atoms with van der Waals surface area (Å²) in [4.78, 5) is 20.5. The number of nitrogens with zero attached hydrogens (tertiary/aromatic N) is 2. The van der Waals surface area contributed by atoms with Gasteiger partial charge in [-0.15, -0.1) is 0 Å². The predicted octanol–water partition coefficient (Wildman–Crippen LogP) is 4.27. The van der Waals surface area contributed by atoms with E-state index in [4.69, 9.17) is 11.6 Å². The zero-order valence-electron chi connectivity index (χ0n) is 11.0. The quantitative estimate of drug-likeness (QED) is 0.838. The summed E-state index contributed by atoms with van der Waals surface area (Å²) in [5, 5.41) is 3.03. The topological polar surface area (TPSA) is 54.9 Å². The summed E-state index contributed by atoms with van der Waals surface area (Å²) in [6.45, 7) is 3.99. The molecule has 2 aromatic rings. The Morgan fingerprint density at radius 3 is 2.75 bits per heavy atom. The van der Waals surface area contributed by atoms with Crippen molar-refractivity contribution in [3.63, 3.8) is 0 Å². The Labute approximate surface area is 130 Å². The van der Waals surface area contributed by atoms with Crippen LogP contribution in [0.1, 0.15) is 35.8 Å². The van der Waals surface area contributed by atoms with Gasteiger partial charge in [0.05, 0.1) is 0 Å². The lowest BCUT2D eigenvalue weighted by Crippen LogP contribution is -2.14. The van der Waals surface area contributed by atoms with Crippen LogP contribution in [0.5, 0.6) is 0 Å². The molecule has 1 N–H and O–H groups in total. The van der Waals surface area contributed by atoms with Crippen molar-refractivity contribution in [3.05, 3.63) is 51.3 Å². The molecule has 0 saturated heterocycles. The van der Waals surface area contributed by atoms with Crippen LogP contribution in [0.3, 0.4) is 0 Å². The highest BCUT2D eigenvalue weighted by Crippen LogP contribution is 2.19. The average Bonchev–Trinajstić information content (AvgIpc) is 2.37. The number of hydrogen-bond acceptors (Lipinski definition) is 3. The van der Waals surface area contributed by atoms with E-state index in [1.54, 1.807) is 30.5 Å². The number of carbonyl (C=O) groups is 1. The van der Waals surface area contributed by atoms with Crippen molar-refractivity contribution in [3.8, 4) is 0 Å². The average molecular weight is 355 g/mol. The monoisotopic (exact) mass is 353 g/mol. The van der Waals surface area contributed by atoms with Crippen LogP contribution in [0.25, 0.3) is 0 Å². The fraction of sp³-hybridized carbons (Fsp3) is 0.214. The van der Waals surface area contributed by atoms with E-state index in [1.165, 1.54) is 0 Å². The van der Waals surface area contributed by atoms with E-state index < -0.39 is 0 Å². The van der Waals surface area contributed by atoms with E-state index in [2.05, 4.69) is 31.2 Å². The Kier molecular flexibility index (Phi) is 4.73. The van der Waals surface area contributed by atoms with Crippen molar-refractivity contribution in [2.24, 2.45) is 0 Å². The molecule has 0 aliphatic carbocycles. The standard InChI is InChI=1S/C14H13BrClN3O/c1-8(2)11-5-9(6-12(16)18-11)14(20)19-13-7-10(15)3-4-17-13/h3-8H,1-2H3,(H,17,19,20). The van der Waals surface area contributed by atoms with Gasteiger partial charge in [0, 0.05) is 21.9 Å². The zero-order valence-corrected chi connectivity index (χ0v) is 13.4. The molecule has 0 aliphatic rings. The van der Waals surface area contributed by atoms with Crippen LogP contribution in [-0.4, -0.2) is 15.9 Å². The lowest BCUT2D eigenvalue weighted by Gasteiger charge is -2.09. The summed E-state index contributed by atoms with van der Waals surface area (Å²) in [5.41, 5.74) is 1.25. The minimum atomic E-state index is -0.262. The highest BCUT2D eigenvalue weighted by atomic mass is 79.9.